The number of carboxylic acid groups (broad SMARTS) is 1. The number of nitrogens with one attached hydrogen (secondary N) is 1. The molecule has 0 fully saturated rings. The highest BCUT2D eigenvalue weighted by Crippen LogP contribution is 2.37. The number of carbonyl (C=O) groups is 2. The third kappa shape index (κ3) is 2.99. The van der Waals surface area contributed by atoms with Gasteiger partial charge in [0.05, 0.1) is 0 Å². The molecule has 4 rings (SSSR count). The van der Waals surface area contributed by atoms with Gasteiger partial charge in [-0.1, -0.05) is 30.3 Å². The Morgan fingerprint density at radius 2 is 1.89 bits per heavy atom. The third-order valence-electron chi connectivity index (χ3n) is 4.96. The van der Waals surface area contributed by atoms with Crippen molar-refractivity contribution in [2.75, 3.05) is 0 Å². The Morgan fingerprint density at radius 3 is 2.64 bits per heavy atom. The van der Waals surface area contributed by atoms with Crippen LogP contribution in [-0.4, -0.2) is 22.0 Å². The molecule has 0 spiro atoms. The van der Waals surface area contributed by atoms with Crippen molar-refractivity contribution < 1.29 is 19.4 Å². The molecule has 1 aromatic heterocycles. The zero-order chi connectivity index (χ0) is 19.7. The van der Waals surface area contributed by atoms with E-state index in [4.69, 9.17) is 4.74 Å². The Morgan fingerprint density at radius 1 is 1.11 bits per heavy atom. The van der Waals surface area contributed by atoms with Crippen molar-refractivity contribution in [1.29, 1.82) is 0 Å². The van der Waals surface area contributed by atoms with Crippen LogP contribution in [0.3, 0.4) is 0 Å². The summed E-state index contributed by atoms with van der Waals surface area (Å²) in [5, 5.41) is 12.4. The second-order valence-electron chi connectivity index (χ2n) is 6.78. The summed E-state index contributed by atoms with van der Waals surface area (Å²) in [5.74, 6) is -1.04. The van der Waals surface area contributed by atoms with Gasteiger partial charge in [-0.2, -0.15) is 0 Å². The van der Waals surface area contributed by atoms with Crippen LogP contribution in [0.25, 0.3) is 11.1 Å². The van der Waals surface area contributed by atoms with Crippen LogP contribution in [-0.2, 0) is 16.9 Å². The van der Waals surface area contributed by atoms with Crippen molar-refractivity contribution in [3.63, 3.8) is 0 Å². The smallest absolute Gasteiger partial charge is 0.333 e. The van der Waals surface area contributed by atoms with Gasteiger partial charge in [0.25, 0.3) is 5.91 Å². The first-order valence-electron chi connectivity index (χ1n) is 8.80. The summed E-state index contributed by atoms with van der Waals surface area (Å²) in [7, 11) is 0. The largest absolute Gasteiger partial charge is 0.488 e. The minimum Gasteiger partial charge on any atom is -0.488 e. The monoisotopic (exact) mass is 374 g/mol. The average molecular weight is 374 g/mol. The molecular formula is C22H18N2O4. The Labute approximate surface area is 161 Å². The van der Waals surface area contributed by atoms with Gasteiger partial charge in [-0.15, -0.1) is 0 Å². The van der Waals surface area contributed by atoms with E-state index in [1.807, 2.05) is 12.1 Å². The number of nitrogens with zero attached hydrogens (tertiary/aromatic N) is 1. The molecule has 0 saturated carbocycles. The van der Waals surface area contributed by atoms with E-state index in [0.717, 1.165) is 16.7 Å². The average Bonchev–Trinajstić information content (AvgIpc) is 2.73. The maximum Gasteiger partial charge on any atom is 0.333 e. The normalized spacial score (nSPS) is 14.0. The molecule has 2 N–H and O–H groups in total. The maximum atomic E-state index is 12.8. The number of aliphatic carboxylic acids is 1. The highest BCUT2D eigenvalue weighted by molar-refractivity contribution is 5.99. The van der Waals surface area contributed by atoms with E-state index in [2.05, 4.69) is 10.3 Å². The zero-order valence-electron chi connectivity index (χ0n) is 15.2. The van der Waals surface area contributed by atoms with Crippen LogP contribution in [0.5, 0.6) is 5.75 Å². The van der Waals surface area contributed by atoms with Gasteiger partial charge >= 0.3 is 5.97 Å². The number of aromatic nitrogens is 1. The molecule has 2 heterocycles. The highest BCUT2D eigenvalue weighted by atomic mass is 16.5. The Balaban J connectivity index is 1.65. The number of carbonyl (C=O) groups excluding carboxylic acids is 1. The van der Waals surface area contributed by atoms with E-state index >= 15 is 0 Å². The van der Waals surface area contributed by atoms with Gasteiger partial charge in [0.1, 0.15) is 12.4 Å². The summed E-state index contributed by atoms with van der Waals surface area (Å²) in [4.78, 5) is 28.8. The first-order valence-corrected chi connectivity index (χ1v) is 8.80. The lowest BCUT2D eigenvalue weighted by molar-refractivity contribution is -0.144. The van der Waals surface area contributed by atoms with Crippen molar-refractivity contribution in [2.45, 2.75) is 19.1 Å². The zero-order valence-corrected chi connectivity index (χ0v) is 15.2. The molecular weight excluding hydrogens is 356 g/mol. The molecule has 2 aromatic carbocycles. The lowest BCUT2D eigenvalue weighted by atomic mass is 9.91. The number of rotatable bonds is 4. The molecule has 140 valence electrons. The molecule has 3 aromatic rings. The molecule has 28 heavy (non-hydrogen) atoms. The van der Waals surface area contributed by atoms with Crippen LogP contribution in [0.4, 0.5) is 0 Å². The molecule has 0 saturated heterocycles. The topological polar surface area (TPSA) is 88.5 Å². The van der Waals surface area contributed by atoms with Crippen LogP contribution in [0.2, 0.25) is 0 Å². The van der Waals surface area contributed by atoms with Gasteiger partial charge in [0.15, 0.2) is 5.54 Å². The predicted octanol–water partition coefficient (Wildman–Crippen LogP) is 3.37. The standard InChI is InChI=1S/C22H18N2O4/c1-22(21(26)27,16-5-3-2-4-6-16)24-20(25)14-7-8-18-17-9-10-23-12-15(17)13-28-19(18)11-14/h2-12H,13H2,1H3,(H,24,25)(H,26,27)/t22-/m0/s1. The summed E-state index contributed by atoms with van der Waals surface area (Å²) < 4.78 is 5.77. The third-order valence-corrected chi connectivity index (χ3v) is 4.96. The Bertz CT molecular complexity index is 1070. The van der Waals surface area contributed by atoms with Gasteiger partial charge in [-0.05, 0) is 42.3 Å². The van der Waals surface area contributed by atoms with Gasteiger partial charge in [0.2, 0.25) is 0 Å². The van der Waals surface area contributed by atoms with E-state index < -0.39 is 17.4 Å². The van der Waals surface area contributed by atoms with Crippen molar-refractivity contribution in [2.24, 2.45) is 0 Å². The summed E-state index contributed by atoms with van der Waals surface area (Å²) in [6.45, 7) is 1.85. The number of fused-ring (bicyclic) bond motifs is 3. The Kier molecular flexibility index (Phi) is 4.31. The Hall–Kier alpha value is -3.67. The van der Waals surface area contributed by atoms with Crippen LogP contribution in [0.15, 0.2) is 67.0 Å². The van der Waals surface area contributed by atoms with Gasteiger partial charge < -0.3 is 15.2 Å². The van der Waals surface area contributed by atoms with Crippen LogP contribution in [0.1, 0.15) is 28.4 Å². The number of amides is 1. The molecule has 6 heteroatoms. The number of hydrogen-bond donors (Lipinski definition) is 2. The second-order valence-corrected chi connectivity index (χ2v) is 6.78. The van der Waals surface area contributed by atoms with Gasteiger partial charge in [-0.3, -0.25) is 9.78 Å². The number of ether oxygens (including phenoxy) is 1. The lowest BCUT2D eigenvalue weighted by Gasteiger charge is -2.27. The SMILES string of the molecule is C[C@@](NC(=O)c1ccc2c(c1)OCc1cnccc1-2)(C(=O)O)c1ccccc1. The summed E-state index contributed by atoms with van der Waals surface area (Å²) in [6.07, 6.45) is 3.48. The summed E-state index contributed by atoms with van der Waals surface area (Å²) in [5.41, 5.74) is 2.15. The minimum atomic E-state index is -1.55. The lowest BCUT2D eigenvalue weighted by Crippen LogP contribution is -2.49. The molecule has 6 nitrogen and oxygen atoms in total. The van der Waals surface area contributed by atoms with E-state index in [1.165, 1.54) is 6.92 Å². The quantitative estimate of drug-likeness (QED) is 0.731. The molecule has 0 unspecified atom stereocenters. The molecule has 1 aliphatic rings. The maximum absolute atomic E-state index is 12.8. The van der Waals surface area contributed by atoms with Crippen molar-refractivity contribution in [3.8, 4) is 16.9 Å². The molecule has 0 aliphatic carbocycles. The van der Waals surface area contributed by atoms with E-state index in [1.54, 1.807) is 54.9 Å². The highest BCUT2D eigenvalue weighted by Gasteiger charge is 2.37. The van der Waals surface area contributed by atoms with Crippen LogP contribution >= 0.6 is 0 Å². The molecule has 1 aliphatic heterocycles. The predicted molar refractivity (Wildman–Crippen MR) is 103 cm³/mol. The second kappa shape index (κ2) is 6.81. The number of hydrogen-bond acceptors (Lipinski definition) is 4. The van der Waals surface area contributed by atoms with Crippen molar-refractivity contribution >= 4 is 11.9 Å². The molecule has 0 bridgehead atoms. The van der Waals surface area contributed by atoms with E-state index in [0.29, 0.717) is 23.5 Å². The number of carboxylic acids is 1. The fourth-order valence-corrected chi connectivity index (χ4v) is 3.29. The molecule has 1 amide bonds. The summed E-state index contributed by atoms with van der Waals surface area (Å²) in [6, 6.07) is 15.6. The van der Waals surface area contributed by atoms with Gasteiger partial charge in [-0.25, -0.2) is 4.79 Å². The fraction of sp³-hybridized carbons (Fsp3) is 0.136. The van der Waals surface area contributed by atoms with E-state index in [9.17, 15) is 14.7 Å². The number of pyridine rings is 1. The first kappa shape index (κ1) is 17.7. The summed E-state index contributed by atoms with van der Waals surface area (Å²) >= 11 is 0. The van der Waals surface area contributed by atoms with Crippen LogP contribution in [0, 0.1) is 0 Å². The fourth-order valence-electron chi connectivity index (χ4n) is 3.29. The van der Waals surface area contributed by atoms with Crippen LogP contribution < -0.4 is 10.1 Å². The number of benzene rings is 2. The van der Waals surface area contributed by atoms with Gasteiger partial charge in [0, 0.05) is 29.1 Å². The van der Waals surface area contributed by atoms with Crippen molar-refractivity contribution in [3.05, 3.63) is 83.7 Å². The first-order chi connectivity index (χ1) is 13.5. The minimum absolute atomic E-state index is 0.333. The molecule has 0 radical (unpaired) electrons. The van der Waals surface area contributed by atoms with Crippen molar-refractivity contribution in [1.82, 2.24) is 10.3 Å². The molecule has 1 atom stereocenters. The van der Waals surface area contributed by atoms with E-state index in [-0.39, 0.29) is 0 Å².